The molecule has 1 amide bonds. The number of hydrogen-bond donors (Lipinski definition) is 2. The predicted molar refractivity (Wildman–Crippen MR) is 76.1 cm³/mol. The minimum Gasteiger partial charge on any atom is -0.445 e. The molecular formula is C15H25N2O2+. The van der Waals surface area contributed by atoms with Gasteiger partial charge in [0, 0.05) is 12.0 Å². The summed E-state index contributed by atoms with van der Waals surface area (Å²) in [5, 5.41) is 2.91. The topological polar surface area (TPSA) is 42.8 Å². The molecule has 106 valence electrons. The van der Waals surface area contributed by atoms with Gasteiger partial charge in [0.2, 0.25) is 0 Å². The van der Waals surface area contributed by atoms with Crippen molar-refractivity contribution in [3.05, 3.63) is 35.9 Å². The van der Waals surface area contributed by atoms with Crippen molar-refractivity contribution in [2.45, 2.75) is 32.4 Å². The fourth-order valence-corrected chi connectivity index (χ4v) is 1.66. The molecule has 1 rings (SSSR count). The van der Waals surface area contributed by atoms with Crippen LogP contribution in [0.1, 0.15) is 25.8 Å². The minimum atomic E-state index is -0.359. The van der Waals surface area contributed by atoms with Crippen LogP contribution in [-0.4, -0.2) is 32.3 Å². The molecule has 0 saturated carbocycles. The third kappa shape index (κ3) is 6.82. The van der Waals surface area contributed by atoms with Gasteiger partial charge in [-0.1, -0.05) is 30.3 Å². The Kier molecular flexibility index (Phi) is 5.83. The Balaban J connectivity index is 2.34. The van der Waals surface area contributed by atoms with Crippen LogP contribution in [-0.2, 0) is 11.3 Å². The average Bonchev–Trinajstić information content (AvgIpc) is 2.35. The van der Waals surface area contributed by atoms with Gasteiger partial charge in [-0.05, 0) is 19.4 Å². The number of ether oxygens (including phenoxy) is 1. The number of hydrogen-bond acceptors (Lipinski definition) is 2. The summed E-state index contributed by atoms with van der Waals surface area (Å²) in [4.78, 5) is 13.1. The first-order valence-corrected chi connectivity index (χ1v) is 6.67. The maximum atomic E-state index is 11.7. The molecule has 1 aromatic carbocycles. The smallest absolute Gasteiger partial charge is 0.407 e. The molecule has 0 radical (unpaired) electrons. The highest BCUT2D eigenvalue weighted by Crippen LogP contribution is 2.07. The van der Waals surface area contributed by atoms with Gasteiger partial charge in [0.25, 0.3) is 0 Å². The summed E-state index contributed by atoms with van der Waals surface area (Å²) in [5.74, 6) is 0. The Labute approximate surface area is 115 Å². The molecule has 4 heteroatoms. The lowest BCUT2D eigenvalue weighted by Crippen LogP contribution is -3.06. The molecule has 1 aromatic rings. The van der Waals surface area contributed by atoms with E-state index in [-0.39, 0.29) is 11.6 Å². The summed E-state index contributed by atoms with van der Waals surface area (Å²) in [6.07, 6.45) is 0.554. The maximum Gasteiger partial charge on any atom is 0.407 e. The Bertz CT molecular complexity index is 388. The lowest BCUT2D eigenvalue weighted by Gasteiger charge is -2.26. The van der Waals surface area contributed by atoms with Gasteiger partial charge in [-0.15, -0.1) is 0 Å². The molecule has 19 heavy (non-hydrogen) atoms. The van der Waals surface area contributed by atoms with E-state index in [1.807, 2.05) is 44.2 Å². The zero-order chi connectivity index (χ0) is 14.3. The third-order valence-corrected chi connectivity index (χ3v) is 2.90. The molecule has 0 heterocycles. The van der Waals surface area contributed by atoms with Gasteiger partial charge in [-0.2, -0.15) is 0 Å². The second-order valence-electron chi connectivity index (χ2n) is 5.78. The van der Waals surface area contributed by atoms with E-state index in [2.05, 4.69) is 19.4 Å². The molecule has 0 aliphatic rings. The molecule has 0 unspecified atom stereocenters. The van der Waals surface area contributed by atoms with Crippen molar-refractivity contribution in [1.29, 1.82) is 0 Å². The average molecular weight is 265 g/mol. The van der Waals surface area contributed by atoms with Crippen molar-refractivity contribution < 1.29 is 14.4 Å². The van der Waals surface area contributed by atoms with Crippen LogP contribution in [0.3, 0.4) is 0 Å². The van der Waals surface area contributed by atoms with E-state index in [9.17, 15) is 4.79 Å². The van der Waals surface area contributed by atoms with E-state index in [0.717, 1.165) is 18.5 Å². The predicted octanol–water partition coefficient (Wildman–Crippen LogP) is 1.23. The number of rotatable bonds is 6. The molecule has 4 nitrogen and oxygen atoms in total. The molecule has 0 aliphatic carbocycles. The molecule has 0 aliphatic heterocycles. The lowest BCUT2D eigenvalue weighted by molar-refractivity contribution is -0.858. The van der Waals surface area contributed by atoms with Gasteiger partial charge in [-0.3, -0.25) is 0 Å². The van der Waals surface area contributed by atoms with Gasteiger partial charge < -0.3 is 15.0 Å². The fourth-order valence-electron chi connectivity index (χ4n) is 1.66. The Hall–Kier alpha value is -1.55. The van der Waals surface area contributed by atoms with Gasteiger partial charge >= 0.3 is 6.09 Å². The summed E-state index contributed by atoms with van der Waals surface area (Å²) in [5.41, 5.74) is 0.749. The molecule has 0 atom stereocenters. The Morgan fingerprint density at radius 3 is 2.47 bits per heavy atom. The highest BCUT2D eigenvalue weighted by atomic mass is 16.5. The van der Waals surface area contributed by atoms with Crippen LogP contribution in [0, 0.1) is 0 Å². The first-order valence-electron chi connectivity index (χ1n) is 6.67. The molecular weight excluding hydrogens is 240 g/mol. The second-order valence-corrected chi connectivity index (χ2v) is 5.78. The first kappa shape index (κ1) is 15.5. The highest BCUT2D eigenvalue weighted by Gasteiger charge is 2.22. The van der Waals surface area contributed by atoms with Crippen LogP contribution in [0.4, 0.5) is 4.79 Å². The number of alkyl carbamates (subject to hydrolysis) is 1. The number of quaternary nitrogens is 1. The Morgan fingerprint density at radius 2 is 1.89 bits per heavy atom. The minimum absolute atomic E-state index is 0.245. The largest absolute Gasteiger partial charge is 0.445 e. The molecule has 0 fully saturated rings. The van der Waals surface area contributed by atoms with Crippen molar-refractivity contribution in [3.63, 3.8) is 0 Å². The molecule has 0 aromatic heterocycles. The summed E-state index contributed by atoms with van der Waals surface area (Å²) >= 11 is 0. The van der Waals surface area contributed by atoms with E-state index in [0.29, 0.717) is 6.61 Å². The number of nitrogens with one attached hydrogen (secondary N) is 2. The van der Waals surface area contributed by atoms with Gasteiger partial charge in [0.1, 0.15) is 6.61 Å². The van der Waals surface area contributed by atoms with Crippen LogP contribution in [0.5, 0.6) is 0 Å². The standard InChI is InChI=1S/C15H24N2O2/c1-15(2,10-11-17(3)4)16-14(18)19-12-13-8-6-5-7-9-13/h5-9H,10-12H2,1-4H3,(H,16,18)/p+1. The van der Waals surface area contributed by atoms with Crippen LogP contribution in [0.25, 0.3) is 0 Å². The highest BCUT2D eigenvalue weighted by molar-refractivity contribution is 5.68. The number of carbonyl (C=O) groups is 1. The van der Waals surface area contributed by atoms with Crippen molar-refractivity contribution in [2.75, 3.05) is 20.6 Å². The van der Waals surface area contributed by atoms with Crippen molar-refractivity contribution in [2.24, 2.45) is 0 Å². The summed E-state index contributed by atoms with van der Waals surface area (Å²) in [6.45, 7) is 5.34. The van der Waals surface area contributed by atoms with E-state index < -0.39 is 0 Å². The fraction of sp³-hybridized carbons (Fsp3) is 0.533. The molecule has 2 N–H and O–H groups in total. The van der Waals surface area contributed by atoms with E-state index in [1.165, 1.54) is 4.90 Å². The van der Waals surface area contributed by atoms with Crippen molar-refractivity contribution in [3.8, 4) is 0 Å². The molecule has 0 saturated heterocycles. The van der Waals surface area contributed by atoms with Crippen molar-refractivity contribution in [1.82, 2.24) is 5.32 Å². The zero-order valence-electron chi connectivity index (χ0n) is 12.3. The zero-order valence-corrected chi connectivity index (χ0v) is 12.3. The number of amides is 1. The lowest BCUT2D eigenvalue weighted by atomic mass is 10.0. The van der Waals surface area contributed by atoms with Gasteiger partial charge in [0.05, 0.1) is 20.6 Å². The Morgan fingerprint density at radius 1 is 1.26 bits per heavy atom. The van der Waals surface area contributed by atoms with Gasteiger partial charge in [-0.25, -0.2) is 4.79 Å². The maximum absolute atomic E-state index is 11.7. The molecule has 0 spiro atoms. The van der Waals surface area contributed by atoms with Crippen LogP contribution in [0.15, 0.2) is 30.3 Å². The molecule has 0 bridgehead atoms. The number of benzene rings is 1. The summed E-state index contributed by atoms with van der Waals surface area (Å²) < 4.78 is 5.21. The first-order chi connectivity index (χ1) is 8.89. The monoisotopic (exact) mass is 265 g/mol. The summed E-state index contributed by atoms with van der Waals surface area (Å²) in [7, 11) is 4.20. The van der Waals surface area contributed by atoms with Crippen LogP contribution in [0.2, 0.25) is 0 Å². The number of carbonyl (C=O) groups excluding carboxylic acids is 1. The van der Waals surface area contributed by atoms with E-state index in [4.69, 9.17) is 4.74 Å². The van der Waals surface area contributed by atoms with Crippen LogP contribution >= 0.6 is 0 Å². The second kappa shape index (κ2) is 7.14. The van der Waals surface area contributed by atoms with Crippen LogP contribution < -0.4 is 10.2 Å². The normalized spacial score (nSPS) is 11.4. The van der Waals surface area contributed by atoms with E-state index >= 15 is 0 Å². The summed E-state index contributed by atoms with van der Waals surface area (Å²) in [6, 6.07) is 9.68. The third-order valence-electron chi connectivity index (χ3n) is 2.90. The van der Waals surface area contributed by atoms with Crippen molar-refractivity contribution >= 4 is 6.09 Å². The SMILES string of the molecule is C[NH+](C)CCC(C)(C)NC(=O)OCc1ccccc1. The quantitative estimate of drug-likeness (QED) is 0.812. The van der Waals surface area contributed by atoms with E-state index in [1.54, 1.807) is 0 Å². The van der Waals surface area contributed by atoms with Gasteiger partial charge in [0.15, 0.2) is 0 Å².